The number of hydrogen-bond acceptors (Lipinski definition) is 3. The molecule has 0 aromatic heterocycles. The summed E-state index contributed by atoms with van der Waals surface area (Å²) in [6, 6.07) is 10.9. The van der Waals surface area contributed by atoms with E-state index in [1.807, 2.05) is 0 Å². The molecule has 0 saturated carbocycles. The van der Waals surface area contributed by atoms with Crippen molar-refractivity contribution in [2.45, 2.75) is 44.3 Å². The SMILES string of the molecule is Cl.O=C(NC1CCCN(Cc2ccccc2)C1)[C@@H]1CCCN1. The maximum absolute atomic E-state index is 12.2. The summed E-state index contributed by atoms with van der Waals surface area (Å²) in [6.07, 6.45) is 4.36. The van der Waals surface area contributed by atoms with Gasteiger partial charge in [0.15, 0.2) is 0 Å². The Balaban J connectivity index is 0.00000176. The number of hydrogen-bond donors (Lipinski definition) is 2. The van der Waals surface area contributed by atoms with Gasteiger partial charge in [-0.15, -0.1) is 12.4 Å². The molecule has 2 saturated heterocycles. The Morgan fingerprint density at radius 3 is 2.77 bits per heavy atom. The summed E-state index contributed by atoms with van der Waals surface area (Å²) in [5.41, 5.74) is 1.35. The van der Waals surface area contributed by atoms with Gasteiger partial charge in [0.25, 0.3) is 0 Å². The fourth-order valence-corrected chi connectivity index (χ4v) is 3.37. The molecule has 22 heavy (non-hydrogen) atoms. The molecule has 1 amide bonds. The average molecular weight is 324 g/mol. The van der Waals surface area contributed by atoms with Gasteiger partial charge in [-0.3, -0.25) is 9.69 Å². The highest BCUT2D eigenvalue weighted by Crippen LogP contribution is 2.14. The highest BCUT2D eigenvalue weighted by molar-refractivity contribution is 5.85. The lowest BCUT2D eigenvalue weighted by Crippen LogP contribution is -2.51. The fourth-order valence-electron chi connectivity index (χ4n) is 3.37. The number of halogens is 1. The first kappa shape index (κ1) is 17.3. The quantitative estimate of drug-likeness (QED) is 0.890. The lowest BCUT2D eigenvalue weighted by molar-refractivity contribution is -0.123. The molecule has 0 spiro atoms. The maximum Gasteiger partial charge on any atom is 0.237 e. The molecular weight excluding hydrogens is 298 g/mol. The van der Waals surface area contributed by atoms with E-state index in [4.69, 9.17) is 0 Å². The minimum atomic E-state index is 0. The van der Waals surface area contributed by atoms with Crippen LogP contribution in [-0.2, 0) is 11.3 Å². The fraction of sp³-hybridized carbons (Fsp3) is 0.588. The molecule has 2 heterocycles. The Hall–Kier alpha value is -1.10. The van der Waals surface area contributed by atoms with E-state index in [0.717, 1.165) is 51.9 Å². The van der Waals surface area contributed by atoms with Crippen LogP contribution in [-0.4, -0.2) is 42.5 Å². The molecule has 1 aromatic carbocycles. The van der Waals surface area contributed by atoms with Crippen LogP contribution in [0.2, 0.25) is 0 Å². The number of nitrogens with one attached hydrogen (secondary N) is 2. The molecule has 2 fully saturated rings. The van der Waals surface area contributed by atoms with Gasteiger partial charge in [0.1, 0.15) is 0 Å². The number of rotatable bonds is 4. The molecular formula is C17H26ClN3O. The number of carbonyl (C=O) groups is 1. The Labute approximate surface area is 139 Å². The minimum Gasteiger partial charge on any atom is -0.351 e. The van der Waals surface area contributed by atoms with Gasteiger partial charge in [0.05, 0.1) is 6.04 Å². The van der Waals surface area contributed by atoms with Gasteiger partial charge < -0.3 is 10.6 Å². The van der Waals surface area contributed by atoms with Crippen molar-refractivity contribution < 1.29 is 4.79 Å². The van der Waals surface area contributed by atoms with Crippen LogP contribution in [0.1, 0.15) is 31.2 Å². The molecule has 0 radical (unpaired) electrons. The molecule has 1 aromatic rings. The van der Waals surface area contributed by atoms with Crippen molar-refractivity contribution in [3.63, 3.8) is 0 Å². The molecule has 0 aliphatic carbocycles. The summed E-state index contributed by atoms with van der Waals surface area (Å²) in [6.45, 7) is 4.05. The van der Waals surface area contributed by atoms with Crippen LogP contribution in [0.5, 0.6) is 0 Å². The molecule has 2 atom stereocenters. The van der Waals surface area contributed by atoms with Gasteiger partial charge >= 0.3 is 0 Å². The van der Waals surface area contributed by atoms with Crippen LogP contribution < -0.4 is 10.6 Å². The van der Waals surface area contributed by atoms with E-state index in [9.17, 15) is 4.79 Å². The minimum absolute atomic E-state index is 0. The molecule has 2 aliphatic heterocycles. The topological polar surface area (TPSA) is 44.4 Å². The smallest absolute Gasteiger partial charge is 0.237 e. The largest absolute Gasteiger partial charge is 0.351 e. The second-order valence-electron chi connectivity index (χ2n) is 6.22. The zero-order valence-electron chi connectivity index (χ0n) is 13.0. The van der Waals surface area contributed by atoms with E-state index in [-0.39, 0.29) is 24.4 Å². The van der Waals surface area contributed by atoms with E-state index in [1.54, 1.807) is 0 Å². The summed E-state index contributed by atoms with van der Waals surface area (Å²) < 4.78 is 0. The standard InChI is InChI=1S/C17H25N3O.ClH/c21-17(16-9-4-10-18-16)19-15-8-5-11-20(13-15)12-14-6-2-1-3-7-14;/h1-3,6-7,15-16,18H,4-5,8-13H2,(H,19,21);1H/t15?,16-;/m0./s1. The number of likely N-dealkylation sites (tertiary alicyclic amines) is 1. The van der Waals surface area contributed by atoms with Gasteiger partial charge in [-0.25, -0.2) is 0 Å². The van der Waals surface area contributed by atoms with Gasteiger partial charge in [-0.2, -0.15) is 0 Å². The maximum atomic E-state index is 12.2. The Morgan fingerprint density at radius 2 is 2.05 bits per heavy atom. The Kier molecular flexibility index (Phi) is 6.68. The third kappa shape index (κ3) is 4.70. The highest BCUT2D eigenvalue weighted by atomic mass is 35.5. The third-order valence-electron chi connectivity index (χ3n) is 4.48. The molecule has 0 bridgehead atoms. The van der Waals surface area contributed by atoms with E-state index in [1.165, 1.54) is 5.56 Å². The van der Waals surface area contributed by atoms with Crippen LogP contribution in [0.25, 0.3) is 0 Å². The van der Waals surface area contributed by atoms with E-state index >= 15 is 0 Å². The zero-order valence-corrected chi connectivity index (χ0v) is 13.8. The molecule has 4 nitrogen and oxygen atoms in total. The van der Waals surface area contributed by atoms with Gasteiger partial charge in [-0.1, -0.05) is 30.3 Å². The summed E-state index contributed by atoms with van der Waals surface area (Å²) in [5.74, 6) is 0.194. The molecule has 2 N–H and O–H groups in total. The van der Waals surface area contributed by atoms with Gasteiger partial charge in [0.2, 0.25) is 5.91 Å². The lowest BCUT2D eigenvalue weighted by atomic mass is 10.0. The second kappa shape index (κ2) is 8.51. The van der Waals surface area contributed by atoms with Crippen LogP contribution >= 0.6 is 12.4 Å². The Bertz CT molecular complexity index is 462. The predicted molar refractivity (Wildman–Crippen MR) is 91.2 cm³/mol. The summed E-state index contributed by atoms with van der Waals surface area (Å²) in [7, 11) is 0. The van der Waals surface area contributed by atoms with Crippen molar-refractivity contribution in [3.05, 3.63) is 35.9 Å². The first-order chi connectivity index (χ1) is 10.3. The van der Waals surface area contributed by atoms with Crippen molar-refractivity contribution in [2.24, 2.45) is 0 Å². The monoisotopic (exact) mass is 323 g/mol. The third-order valence-corrected chi connectivity index (χ3v) is 4.48. The molecule has 2 aliphatic rings. The second-order valence-corrected chi connectivity index (χ2v) is 6.22. The molecule has 3 rings (SSSR count). The van der Waals surface area contributed by atoms with E-state index in [0.29, 0.717) is 6.04 Å². The van der Waals surface area contributed by atoms with E-state index < -0.39 is 0 Å². The van der Waals surface area contributed by atoms with Crippen LogP contribution in [0.4, 0.5) is 0 Å². The number of carbonyl (C=O) groups excluding carboxylic acids is 1. The summed E-state index contributed by atoms with van der Waals surface area (Å²) >= 11 is 0. The zero-order chi connectivity index (χ0) is 14.5. The molecule has 122 valence electrons. The van der Waals surface area contributed by atoms with Crippen LogP contribution in [0.3, 0.4) is 0 Å². The number of piperidine rings is 1. The predicted octanol–water partition coefficient (Wildman–Crippen LogP) is 1.94. The first-order valence-electron chi connectivity index (χ1n) is 8.11. The average Bonchev–Trinajstić information content (AvgIpc) is 3.03. The highest BCUT2D eigenvalue weighted by Gasteiger charge is 2.26. The lowest BCUT2D eigenvalue weighted by Gasteiger charge is -2.33. The molecule has 1 unspecified atom stereocenters. The number of benzene rings is 1. The normalized spacial score (nSPS) is 25.5. The summed E-state index contributed by atoms with van der Waals surface area (Å²) in [5, 5.41) is 6.50. The van der Waals surface area contributed by atoms with Crippen molar-refractivity contribution in [2.75, 3.05) is 19.6 Å². The van der Waals surface area contributed by atoms with Gasteiger partial charge in [-0.05, 0) is 44.3 Å². The van der Waals surface area contributed by atoms with E-state index in [2.05, 4.69) is 45.9 Å². The first-order valence-corrected chi connectivity index (χ1v) is 8.11. The number of amides is 1. The van der Waals surface area contributed by atoms with Crippen LogP contribution in [0, 0.1) is 0 Å². The molecule has 5 heteroatoms. The summed E-state index contributed by atoms with van der Waals surface area (Å²) in [4.78, 5) is 14.6. The van der Waals surface area contributed by atoms with Crippen molar-refractivity contribution in [1.29, 1.82) is 0 Å². The number of nitrogens with zero attached hydrogens (tertiary/aromatic N) is 1. The van der Waals surface area contributed by atoms with Gasteiger partial charge in [0, 0.05) is 19.1 Å². The Morgan fingerprint density at radius 1 is 1.23 bits per heavy atom. The van der Waals surface area contributed by atoms with Crippen molar-refractivity contribution >= 4 is 18.3 Å². The van der Waals surface area contributed by atoms with Crippen molar-refractivity contribution in [1.82, 2.24) is 15.5 Å². The van der Waals surface area contributed by atoms with Crippen LogP contribution in [0.15, 0.2) is 30.3 Å². The van der Waals surface area contributed by atoms with Crippen molar-refractivity contribution in [3.8, 4) is 0 Å².